The molecule has 0 saturated carbocycles. The molecule has 0 unspecified atom stereocenters. The first-order valence-corrected chi connectivity index (χ1v) is 7.11. The first kappa shape index (κ1) is 11.1. The van der Waals surface area contributed by atoms with Crippen LogP contribution in [0.3, 0.4) is 0 Å². The monoisotopic (exact) mass is 256 g/mol. The molecule has 1 aromatic carbocycles. The Morgan fingerprint density at radius 1 is 1.24 bits per heavy atom. The van der Waals surface area contributed by atoms with Crippen molar-refractivity contribution in [3.8, 4) is 0 Å². The number of hydrogen-bond acceptors (Lipinski definition) is 6. The minimum atomic E-state index is -3.74. The van der Waals surface area contributed by atoms with E-state index in [4.69, 9.17) is 18.2 Å². The Morgan fingerprint density at radius 3 is 2.59 bits per heavy atom. The molecule has 92 valence electrons. The molecule has 0 radical (unpaired) electrons. The van der Waals surface area contributed by atoms with Gasteiger partial charge in [-0.25, -0.2) is 0 Å². The summed E-state index contributed by atoms with van der Waals surface area (Å²) in [6.45, 7) is 0.831. The van der Waals surface area contributed by atoms with Crippen molar-refractivity contribution in [3.63, 3.8) is 0 Å². The standard InChI is InChI=1S/C10H13N2O4P/c1-13-17(14-7-8-15-17)12-10(11-16-17)9-5-3-2-4-6-9/h2-6H,7-8H2,1H3,(H,11,12). The van der Waals surface area contributed by atoms with Gasteiger partial charge in [-0.15, -0.1) is 0 Å². The van der Waals surface area contributed by atoms with Crippen LogP contribution in [0.15, 0.2) is 35.1 Å². The average Bonchev–Trinajstić information content (AvgIpc) is 2.99. The van der Waals surface area contributed by atoms with Crippen LogP contribution in [0, 0.1) is 0 Å². The second-order valence-electron chi connectivity index (χ2n) is 3.63. The SMILES string of the molecule is COP12(N=C(c3ccccc3)NO1)OCCO2. The van der Waals surface area contributed by atoms with Gasteiger partial charge in [0.25, 0.3) is 0 Å². The van der Waals surface area contributed by atoms with Crippen LogP contribution in [-0.4, -0.2) is 26.2 Å². The number of hydrogen-bond donors (Lipinski definition) is 1. The molecule has 17 heavy (non-hydrogen) atoms. The Kier molecular flexibility index (Phi) is 2.43. The van der Waals surface area contributed by atoms with Crippen molar-refractivity contribution in [2.45, 2.75) is 0 Å². The summed E-state index contributed by atoms with van der Waals surface area (Å²) in [7, 11) is -2.26. The van der Waals surface area contributed by atoms with E-state index in [0.717, 1.165) is 5.56 Å². The molecular formula is C10H13N2O4P. The number of rotatable bonds is 2. The molecular weight excluding hydrogens is 243 g/mol. The Hall–Kier alpha value is -1.04. The molecule has 0 atom stereocenters. The summed E-state index contributed by atoms with van der Waals surface area (Å²) in [5, 5.41) is 0. The maximum atomic E-state index is 5.50. The van der Waals surface area contributed by atoms with Gasteiger partial charge in [0.15, 0.2) is 0 Å². The van der Waals surface area contributed by atoms with Gasteiger partial charge in [-0.05, 0) is 0 Å². The van der Waals surface area contributed by atoms with Crippen LogP contribution < -0.4 is 5.48 Å². The van der Waals surface area contributed by atoms with Crippen molar-refractivity contribution in [2.75, 3.05) is 20.3 Å². The molecule has 1 N–H and O–H groups in total. The Bertz CT molecular complexity index is 459. The minimum absolute atomic E-state index is 0.416. The van der Waals surface area contributed by atoms with Gasteiger partial charge >= 0.3 is 98.2 Å². The van der Waals surface area contributed by atoms with Crippen molar-refractivity contribution >= 4 is 13.5 Å². The van der Waals surface area contributed by atoms with E-state index in [0.29, 0.717) is 19.0 Å². The molecule has 1 saturated heterocycles. The van der Waals surface area contributed by atoms with Crippen LogP contribution in [0.4, 0.5) is 0 Å². The summed E-state index contributed by atoms with van der Waals surface area (Å²) < 4.78 is 26.1. The van der Waals surface area contributed by atoms with E-state index in [1.165, 1.54) is 7.11 Å². The van der Waals surface area contributed by atoms with Crippen LogP contribution in [0.5, 0.6) is 0 Å². The molecule has 0 aromatic heterocycles. The zero-order valence-electron chi connectivity index (χ0n) is 9.33. The molecule has 7 heteroatoms. The number of hydroxylamine groups is 1. The topological polar surface area (TPSA) is 61.3 Å². The number of nitrogens with one attached hydrogen (secondary N) is 1. The third-order valence-electron chi connectivity index (χ3n) is 2.61. The molecule has 2 aliphatic rings. The Morgan fingerprint density at radius 2 is 1.94 bits per heavy atom. The van der Waals surface area contributed by atoms with Gasteiger partial charge in [0.05, 0.1) is 0 Å². The maximum absolute atomic E-state index is 5.50. The van der Waals surface area contributed by atoms with Crippen molar-refractivity contribution in [1.29, 1.82) is 0 Å². The quantitative estimate of drug-likeness (QED) is 0.817. The zero-order chi connectivity index (χ0) is 11.8. The van der Waals surface area contributed by atoms with E-state index in [1.807, 2.05) is 30.3 Å². The number of nitrogens with zero attached hydrogens (tertiary/aromatic N) is 1. The predicted octanol–water partition coefficient (Wildman–Crippen LogP) is 1.79. The van der Waals surface area contributed by atoms with E-state index in [1.54, 1.807) is 0 Å². The molecule has 6 nitrogen and oxygen atoms in total. The van der Waals surface area contributed by atoms with Crippen LogP contribution in [0.1, 0.15) is 5.56 Å². The third kappa shape index (κ3) is 1.66. The van der Waals surface area contributed by atoms with Gasteiger partial charge in [0.1, 0.15) is 0 Å². The molecule has 1 spiro atoms. The van der Waals surface area contributed by atoms with Crippen LogP contribution in [0.2, 0.25) is 0 Å². The van der Waals surface area contributed by atoms with Gasteiger partial charge in [-0.3, -0.25) is 0 Å². The molecule has 0 bridgehead atoms. The number of amidine groups is 1. The Labute approximate surface area is 98.8 Å². The fourth-order valence-corrected chi connectivity index (χ4v) is 3.93. The van der Waals surface area contributed by atoms with Crippen molar-refractivity contribution < 1.29 is 18.2 Å². The van der Waals surface area contributed by atoms with Gasteiger partial charge in [0.2, 0.25) is 0 Å². The molecule has 1 fully saturated rings. The van der Waals surface area contributed by atoms with E-state index in [9.17, 15) is 0 Å². The fraction of sp³-hybridized carbons (Fsp3) is 0.300. The molecule has 0 aliphatic carbocycles. The molecule has 0 amide bonds. The van der Waals surface area contributed by atoms with E-state index < -0.39 is 7.66 Å². The van der Waals surface area contributed by atoms with Gasteiger partial charge in [-0.1, -0.05) is 0 Å². The van der Waals surface area contributed by atoms with E-state index in [2.05, 4.69) is 10.2 Å². The van der Waals surface area contributed by atoms with Crippen molar-refractivity contribution in [1.82, 2.24) is 5.48 Å². The first-order valence-electron chi connectivity index (χ1n) is 5.25. The summed E-state index contributed by atoms with van der Waals surface area (Å²) >= 11 is 0. The number of benzene rings is 1. The molecule has 1 aromatic rings. The van der Waals surface area contributed by atoms with Crippen LogP contribution in [0.25, 0.3) is 0 Å². The van der Waals surface area contributed by atoms with Gasteiger partial charge in [-0.2, -0.15) is 0 Å². The molecule has 2 heterocycles. The van der Waals surface area contributed by atoms with Crippen molar-refractivity contribution in [3.05, 3.63) is 35.9 Å². The summed E-state index contributed by atoms with van der Waals surface area (Å²) in [5.74, 6) is 0.562. The zero-order valence-corrected chi connectivity index (χ0v) is 10.2. The summed E-state index contributed by atoms with van der Waals surface area (Å²) in [6.07, 6.45) is 0. The van der Waals surface area contributed by atoms with Crippen LogP contribution >= 0.6 is 7.66 Å². The summed E-state index contributed by atoms with van der Waals surface area (Å²) in [6, 6.07) is 9.60. The second-order valence-corrected chi connectivity index (χ2v) is 6.44. The summed E-state index contributed by atoms with van der Waals surface area (Å²) in [4.78, 5) is 0. The second kappa shape index (κ2) is 3.73. The van der Waals surface area contributed by atoms with Gasteiger partial charge < -0.3 is 0 Å². The summed E-state index contributed by atoms with van der Waals surface area (Å²) in [5.41, 5.74) is 3.62. The van der Waals surface area contributed by atoms with Gasteiger partial charge in [0, 0.05) is 0 Å². The van der Waals surface area contributed by atoms with Crippen molar-refractivity contribution in [2.24, 2.45) is 4.76 Å². The molecule has 2 aliphatic heterocycles. The average molecular weight is 256 g/mol. The predicted molar refractivity (Wildman–Crippen MR) is 63.0 cm³/mol. The van der Waals surface area contributed by atoms with Crippen LogP contribution in [-0.2, 0) is 18.2 Å². The van der Waals surface area contributed by atoms with E-state index in [-0.39, 0.29) is 0 Å². The first-order chi connectivity index (χ1) is 8.25. The normalized spacial score (nSPS) is 27.1. The molecule has 3 rings (SSSR count). The Balaban J connectivity index is 2.00. The fourth-order valence-electron chi connectivity index (χ4n) is 1.75. The van der Waals surface area contributed by atoms with E-state index >= 15 is 0 Å². The third-order valence-corrected chi connectivity index (χ3v) is 5.37.